The van der Waals surface area contributed by atoms with E-state index < -0.39 is 18.0 Å². The molecule has 8 nitrogen and oxygen atoms in total. The lowest BCUT2D eigenvalue weighted by molar-refractivity contribution is -0.123. The molecule has 8 heteroatoms. The van der Waals surface area contributed by atoms with Crippen molar-refractivity contribution in [3.8, 4) is 34.0 Å². The van der Waals surface area contributed by atoms with E-state index in [2.05, 4.69) is 5.32 Å². The van der Waals surface area contributed by atoms with Crippen LogP contribution in [0.3, 0.4) is 0 Å². The predicted octanol–water partition coefficient (Wildman–Crippen LogP) is 6.47. The maximum Gasteiger partial charge on any atom is 0.338 e. The van der Waals surface area contributed by atoms with Crippen LogP contribution in [0, 0.1) is 6.92 Å². The Hall–Kier alpha value is -5.24. The summed E-state index contributed by atoms with van der Waals surface area (Å²) in [7, 11) is 3.23. The Balaban J connectivity index is 1.46. The Morgan fingerprint density at radius 1 is 0.732 bits per heavy atom. The fourth-order valence-electron chi connectivity index (χ4n) is 4.31. The van der Waals surface area contributed by atoms with Crippen molar-refractivity contribution in [1.29, 1.82) is 0 Å². The molecule has 0 saturated carbocycles. The van der Waals surface area contributed by atoms with Gasteiger partial charge in [-0.25, -0.2) is 14.8 Å². The minimum Gasteiger partial charge on any atom is -0.497 e. The number of ether oxygens (including phenoxy) is 3. The van der Waals surface area contributed by atoms with Gasteiger partial charge in [0.15, 0.2) is 6.10 Å². The van der Waals surface area contributed by atoms with Crippen LogP contribution in [0.15, 0.2) is 91.0 Å². The molecule has 5 aromatic rings. The number of esters is 1. The summed E-state index contributed by atoms with van der Waals surface area (Å²) in [6.45, 7) is 3.43. The number of benzene rings is 4. The van der Waals surface area contributed by atoms with Gasteiger partial charge in [0.25, 0.3) is 5.91 Å². The molecule has 1 atom stereocenters. The molecule has 41 heavy (non-hydrogen) atoms. The third kappa shape index (κ3) is 6.01. The highest BCUT2D eigenvalue weighted by Crippen LogP contribution is 2.33. The molecule has 0 bridgehead atoms. The van der Waals surface area contributed by atoms with Crippen LogP contribution in [0.5, 0.6) is 11.5 Å². The summed E-state index contributed by atoms with van der Waals surface area (Å²) in [5.74, 6) is 0.406. The minimum atomic E-state index is -1.00. The van der Waals surface area contributed by atoms with Crippen molar-refractivity contribution in [2.75, 3.05) is 19.5 Å². The number of hydrogen-bond acceptors (Lipinski definition) is 7. The van der Waals surface area contributed by atoms with Gasteiger partial charge >= 0.3 is 5.97 Å². The van der Waals surface area contributed by atoms with Crippen molar-refractivity contribution < 1.29 is 23.8 Å². The lowest BCUT2D eigenvalue weighted by atomic mass is 10.0. The zero-order valence-corrected chi connectivity index (χ0v) is 23.2. The Bertz CT molecular complexity index is 1720. The summed E-state index contributed by atoms with van der Waals surface area (Å²) in [5.41, 5.74) is 5.98. The SMILES string of the molecule is COc1ccc(-c2nc3ccc(C(=O)OC(C)C(=O)Nc4ccccc4C)cc3nc2-c2ccc(OC)cc2)cc1. The topological polar surface area (TPSA) is 99.6 Å². The molecule has 0 saturated heterocycles. The maximum absolute atomic E-state index is 13.0. The van der Waals surface area contributed by atoms with Crippen molar-refractivity contribution in [2.24, 2.45) is 0 Å². The van der Waals surface area contributed by atoms with E-state index in [-0.39, 0.29) is 5.56 Å². The Morgan fingerprint density at radius 3 is 1.85 bits per heavy atom. The van der Waals surface area contributed by atoms with Crippen LogP contribution < -0.4 is 14.8 Å². The van der Waals surface area contributed by atoms with Crippen molar-refractivity contribution in [2.45, 2.75) is 20.0 Å². The number of nitrogens with one attached hydrogen (secondary N) is 1. The molecular formula is C33H29N3O5. The highest BCUT2D eigenvalue weighted by Gasteiger charge is 2.21. The Morgan fingerprint density at radius 2 is 1.29 bits per heavy atom. The van der Waals surface area contributed by atoms with E-state index in [1.807, 2.05) is 73.7 Å². The molecule has 206 valence electrons. The van der Waals surface area contributed by atoms with Gasteiger partial charge < -0.3 is 19.5 Å². The van der Waals surface area contributed by atoms with Crippen LogP contribution in [-0.2, 0) is 9.53 Å². The first-order valence-corrected chi connectivity index (χ1v) is 13.0. The Labute approximate surface area is 237 Å². The summed E-state index contributed by atoms with van der Waals surface area (Å²) >= 11 is 0. The molecule has 1 heterocycles. The molecule has 1 unspecified atom stereocenters. The number of anilines is 1. The molecule has 0 aliphatic rings. The molecule has 0 fully saturated rings. The standard InChI is InChI=1S/C33H29N3O5/c1-20-7-5-6-8-27(20)36-32(37)21(2)41-33(38)24-13-18-28-29(19-24)35-31(23-11-16-26(40-4)17-12-23)30(34-28)22-9-14-25(39-3)15-10-22/h5-19,21H,1-4H3,(H,36,37). The molecule has 1 amide bonds. The van der Waals surface area contributed by atoms with Crippen LogP contribution in [0.1, 0.15) is 22.8 Å². The number of methoxy groups -OCH3 is 2. The van der Waals surface area contributed by atoms with Gasteiger partial charge in [0.1, 0.15) is 11.5 Å². The van der Waals surface area contributed by atoms with Gasteiger partial charge in [0.2, 0.25) is 0 Å². The number of hydrogen-bond donors (Lipinski definition) is 1. The Kier molecular flexibility index (Phi) is 7.92. The second kappa shape index (κ2) is 11.9. The monoisotopic (exact) mass is 547 g/mol. The van der Waals surface area contributed by atoms with Crippen LogP contribution in [0.2, 0.25) is 0 Å². The van der Waals surface area contributed by atoms with Crippen LogP contribution >= 0.6 is 0 Å². The van der Waals surface area contributed by atoms with E-state index in [1.54, 1.807) is 38.5 Å². The number of carbonyl (C=O) groups is 2. The molecule has 1 aromatic heterocycles. The number of nitrogens with zero attached hydrogens (tertiary/aromatic N) is 2. The summed E-state index contributed by atoms with van der Waals surface area (Å²) in [6, 6.07) is 27.5. The molecule has 0 aliphatic heterocycles. The predicted molar refractivity (Wildman–Crippen MR) is 158 cm³/mol. The van der Waals surface area contributed by atoms with Crippen molar-refractivity contribution in [3.05, 3.63) is 102 Å². The largest absolute Gasteiger partial charge is 0.497 e. The molecule has 5 rings (SSSR count). The van der Waals surface area contributed by atoms with Crippen molar-refractivity contribution in [1.82, 2.24) is 9.97 Å². The molecule has 4 aromatic carbocycles. The van der Waals surface area contributed by atoms with Gasteiger partial charge in [0, 0.05) is 16.8 Å². The van der Waals surface area contributed by atoms with E-state index >= 15 is 0 Å². The van der Waals surface area contributed by atoms with E-state index in [0.29, 0.717) is 28.1 Å². The van der Waals surface area contributed by atoms with Crippen LogP contribution in [0.4, 0.5) is 5.69 Å². The molecule has 0 radical (unpaired) electrons. The molecular weight excluding hydrogens is 518 g/mol. The number of fused-ring (bicyclic) bond motifs is 1. The number of aryl methyl sites for hydroxylation is 1. The van der Waals surface area contributed by atoms with E-state index in [4.69, 9.17) is 24.2 Å². The summed E-state index contributed by atoms with van der Waals surface area (Å²) in [6.07, 6.45) is -1.00. The minimum absolute atomic E-state index is 0.264. The first-order valence-electron chi connectivity index (χ1n) is 13.0. The fourth-order valence-corrected chi connectivity index (χ4v) is 4.31. The van der Waals surface area contributed by atoms with E-state index in [0.717, 1.165) is 28.2 Å². The molecule has 0 spiro atoms. The number of amides is 1. The third-order valence-corrected chi connectivity index (χ3v) is 6.68. The van der Waals surface area contributed by atoms with Crippen LogP contribution in [0.25, 0.3) is 33.5 Å². The van der Waals surface area contributed by atoms with E-state index in [1.165, 1.54) is 6.92 Å². The highest BCUT2D eigenvalue weighted by molar-refractivity contribution is 5.99. The first kappa shape index (κ1) is 27.3. The van der Waals surface area contributed by atoms with Crippen molar-refractivity contribution in [3.63, 3.8) is 0 Å². The zero-order valence-electron chi connectivity index (χ0n) is 23.2. The first-order chi connectivity index (χ1) is 19.9. The second-order valence-electron chi connectivity index (χ2n) is 9.43. The average molecular weight is 548 g/mol. The lowest BCUT2D eigenvalue weighted by Gasteiger charge is -2.15. The second-order valence-corrected chi connectivity index (χ2v) is 9.43. The maximum atomic E-state index is 13.0. The fraction of sp³-hybridized carbons (Fsp3) is 0.152. The number of para-hydroxylation sites is 1. The zero-order chi connectivity index (χ0) is 28.9. The molecule has 0 aliphatic carbocycles. The van der Waals surface area contributed by atoms with Gasteiger partial charge in [-0.1, -0.05) is 18.2 Å². The average Bonchev–Trinajstić information content (AvgIpc) is 3.01. The van der Waals surface area contributed by atoms with Gasteiger partial charge in [0.05, 0.1) is 42.2 Å². The van der Waals surface area contributed by atoms with Gasteiger partial charge in [-0.3, -0.25) is 4.79 Å². The van der Waals surface area contributed by atoms with E-state index in [9.17, 15) is 9.59 Å². The molecule has 1 N–H and O–H groups in total. The quantitative estimate of drug-likeness (QED) is 0.222. The third-order valence-electron chi connectivity index (χ3n) is 6.68. The number of aromatic nitrogens is 2. The number of rotatable bonds is 8. The highest BCUT2D eigenvalue weighted by atomic mass is 16.5. The van der Waals surface area contributed by atoms with Gasteiger partial charge in [-0.05, 0) is 92.2 Å². The van der Waals surface area contributed by atoms with Gasteiger partial charge in [-0.2, -0.15) is 0 Å². The number of carbonyl (C=O) groups excluding carboxylic acids is 2. The summed E-state index contributed by atoms with van der Waals surface area (Å²) in [4.78, 5) is 35.5. The summed E-state index contributed by atoms with van der Waals surface area (Å²) in [5, 5.41) is 2.80. The lowest BCUT2D eigenvalue weighted by Crippen LogP contribution is -2.30. The summed E-state index contributed by atoms with van der Waals surface area (Å²) < 4.78 is 16.1. The smallest absolute Gasteiger partial charge is 0.338 e. The van der Waals surface area contributed by atoms with Crippen molar-refractivity contribution >= 4 is 28.6 Å². The van der Waals surface area contributed by atoms with Crippen LogP contribution in [-0.4, -0.2) is 42.2 Å². The normalized spacial score (nSPS) is 11.5. The van der Waals surface area contributed by atoms with Gasteiger partial charge in [-0.15, -0.1) is 0 Å².